The Labute approximate surface area is 235 Å². The van der Waals surface area contributed by atoms with Crippen LogP contribution >= 0.6 is 8.58 Å². The fraction of sp³-hybridized carbons (Fsp3) is 0.520. The maximum absolute atomic E-state index is 13.8. The third kappa shape index (κ3) is 7.86. The topological polar surface area (TPSA) is 0 Å². The van der Waals surface area contributed by atoms with Crippen molar-refractivity contribution in [3.05, 3.63) is 57.7 Å². The van der Waals surface area contributed by atoms with E-state index >= 15 is 0 Å². The summed E-state index contributed by atoms with van der Waals surface area (Å²) in [5.74, 6) is -31.1. The molecule has 0 saturated heterocycles. The van der Waals surface area contributed by atoms with Gasteiger partial charge in [-0.25, -0.2) is 35.1 Å². The van der Waals surface area contributed by atoms with Gasteiger partial charge in [0.1, 0.15) is 5.56 Å². The molecule has 0 aliphatic heterocycles. The maximum Gasteiger partial charge on any atom is 0.419 e. The molecule has 2 aromatic rings. The molecule has 0 heterocycles. The van der Waals surface area contributed by atoms with Gasteiger partial charge in [-0.1, -0.05) is 33.1 Å². The van der Waals surface area contributed by atoms with Gasteiger partial charge in [0.2, 0.25) is 5.82 Å². The van der Waals surface area contributed by atoms with E-state index in [4.69, 9.17) is 0 Å². The number of unbranched alkanes of at least 4 members (excludes halogenated alkanes) is 3. The van der Waals surface area contributed by atoms with E-state index in [1.807, 2.05) is 6.92 Å². The summed E-state index contributed by atoms with van der Waals surface area (Å²) in [4.78, 5) is 0. The molecule has 2 rings (SSSR count). The van der Waals surface area contributed by atoms with E-state index in [-0.39, 0.29) is 12.6 Å². The van der Waals surface area contributed by atoms with Crippen molar-refractivity contribution in [1.29, 1.82) is 0 Å². The number of halogens is 17. The largest absolute Gasteiger partial charge is 0.419 e. The Balaban J connectivity index is 0.000000457. The third-order valence-corrected chi connectivity index (χ3v) is 7.01. The van der Waals surface area contributed by atoms with Gasteiger partial charge >= 0.3 is 23.7 Å². The summed E-state index contributed by atoms with van der Waals surface area (Å²) in [6.07, 6.45) is -5.69. The first-order valence-corrected chi connectivity index (χ1v) is 13.3. The Hall–Kier alpha value is -2.32. The highest BCUT2D eigenvalue weighted by atomic mass is 31.1. The van der Waals surface area contributed by atoms with Crippen LogP contribution in [0.1, 0.15) is 57.1 Å². The molecule has 43 heavy (non-hydrogen) atoms. The molecule has 18 heteroatoms. The van der Waals surface area contributed by atoms with Crippen LogP contribution in [-0.4, -0.2) is 23.7 Å². The fourth-order valence-corrected chi connectivity index (χ4v) is 4.52. The Morgan fingerprint density at radius 1 is 0.535 bits per heavy atom. The Kier molecular flexibility index (Phi) is 12.8. The normalized spacial score (nSPS) is 13.1. The lowest BCUT2D eigenvalue weighted by atomic mass is 9.92. The first kappa shape index (κ1) is 38.7. The molecule has 0 saturated carbocycles. The number of alkyl halides is 9. The summed E-state index contributed by atoms with van der Waals surface area (Å²) in [5.41, 5.74) is -13.1. The first-order chi connectivity index (χ1) is 19.4. The number of rotatable bonds is 10. The van der Waals surface area contributed by atoms with Crippen LogP contribution in [0.4, 0.5) is 74.6 Å². The van der Waals surface area contributed by atoms with Crippen LogP contribution in [0, 0.1) is 53.5 Å². The molecular formula is C25H22F17P. The molecule has 0 spiro atoms. The second-order valence-electron chi connectivity index (χ2n) is 8.95. The zero-order valence-electron chi connectivity index (χ0n) is 22.2. The van der Waals surface area contributed by atoms with Crippen LogP contribution in [0.15, 0.2) is 0 Å². The zero-order valence-corrected chi connectivity index (χ0v) is 23.2. The molecule has 0 N–H and O–H groups in total. The van der Waals surface area contributed by atoms with Crippen LogP contribution in [0.2, 0.25) is 0 Å². The summed E-state index contributed by atoms with van der Waals surface area (Å²) in [6, 6.07) is 0. The van der Waals surface area contributed by atoms with E-state index in [1.165, 1.54) is 6.92 Å². The lowest BCUT2D eigenvalue weighted by molar-refractivity contribution is -0.280. The second kappa shape index (κ2) is 14.2. The van der Waals surface area contributed by atoms with Gasteiger partial charge in [0.05, 0.1) is 5.56 Å². The molecule has 0 bridgehead atoms. The standard InChI is InChI=1S/C14H3F11.C11H19F6P/c1-2-3(4-7(16)11(20)13(22)12(21)8(4)17)5(14(23,24)25)9(18)10(19)6(2)15;1-3-5-6-7-8-9(12,13)10(14,15)11(16,17)18-4-2/h1H3;18H,3-8H2,1-2H3. The average Bonchev–Trinajstić information content (AvgIpc) is 2.90. The van der Waals surface area contributed by atoms with E-state index in [9.17, 15) is 74.6 Å². The highest BCUT2D eigenvalue weighted by Gasteiger charge is 2.70. The summed E-state index contributed by atoms with van der Waals surface area (Å²) < 4.78 is 225. The highest BCUT2D eigenvalue weighted by molar-refractivity contribution is 7.39. The van der Waals surface area contributed by atoms with Gasteiger partial charge in [-0.15, -0.1) is 0 Å². The van der Waals surface area contributed by atoms with Gasteiger partial charge in [-0.05, 0) is 33.7 Å². The maximum atomic E-state index is 13.8. The van der Waals surface area contributed by atoms with Crippen LogP contribution in [-0.2, 0) is 6.18 Å². The molecule has 0 aliphatic rings. The Bertz CT molecular complexity index is 1260. The van der Waals surface area contributed by atoms with Crippen molar-refractivity contribution in [1.82, 2.24) is 0 Å². The van der Waals surface area contributed by atoms with Gasteiger partial charge < -0.3 is 0 Å². The monoisotopic (exact) mass is 676 g/mol. The number of hydrogen-bond donors (Lipinski definition) is 0. The van der Waals surface area contributed by atoms with Crippen molar-refractivity contribution in [3.63, 3.8) is 0 Å². The molecule has 0 fully saturated rings. The first-order valence-electron chi connectivity index (χ1n) is 12.1. The van der Waals surface area contributed by atoms with Crippen LogP contribution < -0.4 is 0 Å². The van der Waals surface area contributed by atoms with Crippen LogP contribution in [0.5, 0.6) is 0 Å². The van der Waals surface area contributed by atoms with E-state index in [2.05, 4.69) is 0 Å². The summed E-state index contributed by atoms with van der Waals surface area (Å²) in [5, 5.41) is 0. The molecule has 1 unspecified atom stereocenters. The molecule has 2 aromatic carbocycles. The third-order valence-electron chi connectivity index (χ3n) is 5.90. The minimum absolute atomic E-state index is 0.165. The fourth-order valence-electron chi connectivity index (χ4n) is 3.67. The second-order valence-corrected chi connectivity index (χ2v) is 10.6. The zero-order chi connectivity index (χ0) is 33.9. The molecule has 0 amide bonds. The summed E-state index contributed by atoms with van der Waals surface area (Å²) in [7, 11) is -1.49. The Morgan fingerprint density at radius 3 is 1.40 bits per heavy atom. The van der Waals surface area contributed by atoms with Crippen molar-refractivity contribution < 1.29 is 74.6 Å². The van der Waals surface area contributed by atoms with Crippen molar-refractivity contribution in [2.75, 3.05) is 6.16 Å². The lowest BCUT2D eigenvalue weighted by Crippen LogP contribution is -2.51. The van der Waals surface area contributed by atoms with E-state index < -0.39 is 107 Å². The van der Waals surface area contributed by atoms with E-state index in [0.29, 0.717) is 19.8 Å². The van der Waals surface area contributed by atoms with Gasteiger partial charge in [-0.2, -0.15) is 39.5 Å². The molecule has 1 atom stereocenters. The molecule has 0 radical (unpaired) electrons. The summed E-state index contributed by atoms with van der Waals surface area (Å²) in [6.45, 7) is 3.46. The smallest absolute Gasteiger partial charge is 0.203 e. The SMILES string of the molecule is CCCCCCC(F)(F)C(F)(F)C(F)(F)PCC.Cc1c(F)c(F)c(F)c(C(F)(F)F)c1-c1c(F)c(F)c(F)c(F)c1F. The molecular weight excluding hydrogens is 654 g/mol. The average molecular weight is 676 g/mol. The molecule has 0 aromatic heterocycles. The predicted octanol–water partition coefficient (Wildman–Crippen LogP) is 11.3. The highest BCUT2D eigenvalue weighted by Crippen LogP contribution is 2.55. The van der Waals surface area contributed by atoms with Crippen LogP contribution in [0.3, 0.4) is 0 Å². The van der Waals surface area contributed by atoms with Gasteiger partial charge in [-0.3, -0.25) is 0 Å². The summed E-state index contributed by atoms with van der Waals surface area (Å²) >= 11 is 0. The minimum atomic E-state index is -5.83. The van der Waals surface area contributed by atoms with Crippen molar-refractivity contribution in [2.45, 2.75) is 76.6 Å². The van der Waals surface area contributed by atoms with Crippen molar-refractivity contribution in [2.24, 2.45) is 0 Å². The quantitative estimate of drug-likeness (QED) is 0.0773. The molecule has 0 aliphatic carbocycles. The van der Waals surface area contributed by atoms with Crippen LogP contribution in [0.25, 0.3) is 11.1 Å². The van der Waals surface area contributed by atoms with Gasteiger partial charge in [0.25, 0.3) is 0 Å². The van der Waals surface area contributed by atoms with E-state index in [0.717, 1.165) is 6.42 Å². The molecule has 246 valence electrons. The predicted molar refractivity (Wildman–Crippen MR) is 124 cm³/mol. The van der Waals surface area contributed by atoms with Crippen molar-refractivity contribution >= 4 is 8.58 Å². The molecule has 0 nitrogen and oxygen atoms in total. The van der Waals surface area contributed by atoms with Crippen molar-refractivity contribution in [3.8, 4) is 11.1 Å². The van der Waals surface area contributed by atoms with Gasteiger partial charge in [0, 0.05) is 12.0 Å². The lowest BCUT2D eigenvalue weighted by Gasteiger charge is -2.32. The van der Waals surface area contributed by atoms with E-state index in [1.54, 1.807) is 0 Å². The Morgan fingerprint density at radius 2 is 0.977 bits per heavy atom. The van der Waals surface area contributed by atoms with Gasteiger partial charge in [0.15, 0.2) is 40.7 Å². The minimum Gasteiger partial charge on any atom is -0.203 e. The number of benzene rings is 2. The number of hydrogen-bond acceptors (Lipinski definition) is 0.